The zero-order chi connectivity index (χ0) is 13.0. The van der Waals surface area contributed by atoms with Gasteiger partial charge in [-0.25, -0.2) is 13.4 Å². The van der Waals surface area contributed by atoms with E-state index < -0.39 is 10.0 Å². The molecule has 18 heavy (non-hydrogen) atoms. The van der Waals surface area contributed by atoms with Crippen LogP contribution < -0.4 is 5.32 Å². The lowest BCUT2D eigenvalue weighted by atomic mass is 10.2. The molecular formula is C12H19N3O2S. The first-order valence-electron chi connectivity index (χ1n) is 6.24. The Hall–Kier alpha value is -0.980. The number of piperidine rings is 1. The van der Waals surface area contributed by atoms with Crippen molar-refractivity contribution in [2.45, 2.75) is 30.8 Å². The van der Waals surface area contributed by atoms with Gasteiger partial charge in [-0.15, -0.1) is 0 Å². The van der Waals surface area contributed by atoms with Gasteiger partial charge in [0.25, 0.3) is 10.0 Å². The van der Waals surface area contributed by atoms with Gasteiger partial charge in [0.1, 0.15) is 0 Å². The van der Waals surface area contributed by atoms with E-state index in [2.05, 4.69) is 10.3 Å². The summed E-state index contributed by atoms with van der Waals surface area (Å²) in [6, 6.07) is 3.40. The second-order valence-corrected chi connectivity index (χ2v) is 6.38. The Balaban J connectivity index is 2.18. The number of nitrogens with one attached hydrogen (secondary N) is 1. The zero-order valence-corrected chi connectivity index (χ0v) is 11.4. The molecule has 0 unspecified atom stereocenters. The molecule has 0 radical (unpaired) electrons. The number of aromatic nitrogens is 1. The third-order valence-corrected chi connectivity index (χ3v) is 4.91. The van der Waals surface area contributed by atoms with Crippen LogP contribution in [0, 0.1) is 0 Å². The van der Waals surface area contributed by atoms with Gasteiger partial charge in [-0.1, -0.05) is 12.5 Å². The molecule has 2 heterocycles. The summed E-state index contributed by atoms with van der Waals surface area (Å²) >= 11 is 0. The molecule has 0 atom stereocenters. The van der Waals surface area contributed by atoms with Crippen molar-refractivity contribution in [3.05, 3.63) is 23.9 Å². The maximum atomic E-state index is 12.3. The second-order valence-electron chi connectivity index (χ2n) is 4.50. The topological polar surface area (TPSA) is 62.3 Å². The molecule has 1 aliphatic heterocycles. The van der Waals surface area contributed by atoms with Gasteiger partial charge in [-0.05, 0) is 31.5 Å². The lowest BCUT2D eigenvalue weighted by Crippen LogP contribution is -2.36. The molecule has 0 aromatic carbocycles. The van der Waals surface area contributed by atoms with Crippen molar-refractivity contribution in [2.75, 3.05) is 20.1 Å². The lowest BCUT2D eigenvalue weighted by molar-refractivity contribution is 0.345. The molecule has 0 spiro atoms. The van der Waals surface area contributed by atoms with E-state index in [1.54, 1.807) is 18.3 Å². The van der Waals surface area contributed by atoms with Crippen LogP contribution in [0.1, 0.15) is 24.8 Å². The van der Waals surface area contributed by atoms with Crippen molar-refractivity contribution in [3.8, 4) is 0 Å². The summed E-state index contributed by atoms with van der Waals surface area (Å²) in [5, 5.41) is 3.16. The molecule has 6 heteroatoms. The molecule has 1 saturated heterocycles. The normalized spacial score (nSPS) is 17.8. The Morgan fingerprint density at radius 1 is 1.28 bits per heavy atom. The molecule has 1 fully saturated rings. The molecule has 1 aromatic rings. The first-order valence-corrected chi connectivity index (χ1v) is 7.68. The van der Waals surface area contributed by atoms with Crippen molar-refractivity contribution in [1.82, 2.24) is 14.6 Å². The number of hydrogen-bond acceptors (Lipinski definition) is 4. The van der Waals surface area contributed by atoms with Gasteiger partial charge in [0.15, 0.2) is 5.03 Å². The van der Waals surface area contributed by atoms with Crippen LogP contribution in [0.3, 0.4) is 0 Å². The predicted molar refractivity (Wildman–Crippen MR) is 69.6 cm³/mol. The fourth-order valence-electron chi connectivity index (χ4n) is 2.11. The van der Waals surface area contributed by atoms with Crippen LogP contribution >= 0.6 is 0 Å². The van der Waals surface area contributed by atoms with Crippen LogP contribution in [0.25, 0.3) is 0 Å². The van der Waals surface area contributed by atoms with Gasteiger partial charge in [0.05, 0.1) is 0 Å². The highest BCUT2D eigenvalue weighted by molar-refractivity contribution is 7.89. The van der Waals surface area contributed by atoms with E-state index in [-0.39, 0.29) is 5.03 Å². The molecule has 0 amide bonds. The van der Waals surface area contributed by atoms with Gasteiger partial charge < -0.3 is 5.32 Å². The Morgan fingerprint density at radius 2 is 2.00 bits per heavy atom. The van der Waals surface area contributed by atoms with Gasteiger partial charge in [0, 0.05) is 25.8 Å². The Kier molecular flexibility index (Phi) is 4.31. The summed E-state index contributed by atoms with van der Waals surface area (Å²) in [6.45, 7) is 1.92. The number of hydrogen-bond donors (Lipinski definition) is 1. The summed E-state index contributed by atoms with van der Waals surface area (Å²) in [5.74, 6) is 0. The largest absolute Gasteiger partial charge is 0.316 e. The van der Waals surface area contributed by atoms with Gasteiger partial charge >= 0.3 is 0 Å². The molecule has 5 nitrogen and oxygen atoms in total. The van der Waals surface area contributed by atoms with Crippen LogP contribution in [-0.2, 0) is 16.6 Å². The van der Waals surface area contributed by atoms with Crippen LogP contribution in [0.4, 0.5) is 0 Å². The minimum atomic E-state index is -3.39. The van der Waals surface area contributed by atoms with Crippen molar-refractivity contribution in [1.29, 1.82) is 0 Å². The molecule has 1 N–H and O–H groups in total. The second kappa shape index (κ2) is 5.77. The lowest BCUT2D eigenvalue weighted by Gasteiger charge is -2.25. The average Bonchev–Trinajstić information content (AvgIpc) is 2.41. The summed E-state index contributed by atoms with van der Waals surface area (Å²) < 4.78 is 26.1. The van der Waals surface area contributed by atoms with E-state index in [4.69, 9.17) is 0 Å². The summed E-state index contributed by atoms with van der Waals surface area (Å²) in [5.41, 5.74) is 0.982. The number of nitrogens with zero attached hydrogens (tertiary/aromatic N) is 2. The van der Waals surface area contributed by atoms with Crippen LogP contribution in [0.15, 0.2) is 23.4 Å². The maximum Gasteiger partial charge on any atom is 0.260 e. The minimum absolute atomic E-state index is 0.157. The summed E-state index contributed by atoms with van der Waals surface area (Å²) in [4.78, 5) is 4.07. The molecule has 0 bridgehead atoms. The summed E-state index contributed by atoms with van der Waals surface area (Å²) in [7, 11) is -1.55. The van der Waals surface area contributed by atoms with Crippen LogP contribution in [0.2, 0.25) is 0 Å². The van der Waals surface area contributed by atoms with Gasteiger partial charge in [-0.3, -0.25) is 0 Å². The number of rotatable bonds is 4. The van der Waals surface area contributed by atoms with Gasteiger partial charge in [-0.2, -0.15) is 4.31 Å². The van der Waals surface area contributed by atoms with E-state index in [0.717, 1.165) is 24.8 Å². The Bertz CT molecular complexity index is 479. The molecule has 1 aromatic heterocycles. The van der Waals surface area contributed by atoms with Crippen molar-refractivity contribution >= 4 is 10.0 Å². The summed E-state index contributed by atoms with van der Waals surface area (Å²) in [6.07, 6.45) is 4.61. The van der Waals surface area contributed by atoms with E-state index in [1.165, 1.54) is 4.31 Å². The number of sulfonamides is 1. The Morgan fingerprint density at radius 3 is 2.56 bits per heavy atom. The van der Waals surface area contributed by atoms with E-state index in [1.807, 2.05) is 7.05 Å². The first kappa shape index (κ1) is 13.5. The standard InChI is InChI=1S/C12H19N3O2S/c1-13-9-11-5-6-12(14-10-11)18(16,17)15-7-3-2-4-8-15/h5-6,10,13H,2-4,7-9H2,1H3. The smallest absolute Gasteiger partial charge is 0.260 e. The van der Waals surface area contributed by atoms with E-state index in [0.29, 0.717) is 19.6 Å². The van der Waals surface area contributed by atoms with Crippen LogP contribution in [0.5, 0.6) is 0 Å². The van der Waals surface area contributed by atoms with Crippen molar-refractivity contribution in [3.63, 3.8) is 0 Å². The predicted octanol–water partition coefficient (Wildman–Crippen LogP) is 0.976. The molecule has 2 rings (SSSR count). The fraction of sp³-hybridized carbons (Fsp3) is 0.583. The minimum Gasteiger partial charge on any atom is -0.316 e. The van der Waals surface area contributed by atoms with Crippen molar-refractivity contribution in [2.24, 2.45) is 0 Å². The van der Waals surface area contributed by atoms with Crippen molar-refractivity contribution < 1.29 is 8.42 Å². The van der Waals surface area contributed by atoms with E-state index in [9.17, 15) is 8.42 Å². The third-order valence-electron chi connectivity index (χ3n) is 3.10. The van der Waals surface area contributed by atoms with Gasteiger partial charge in [0.2, 0.25) is 0 Å². The maximum absolute atomic E-state index is 12.3. The molecular weight excluding hydrogens is 250 g/mol. The van der Waals surface area contributed by atoms with E-state index >= 15 is 0 Å². The third kappa shape index (κ3) is 2.88. The molecule has 100 valence electrons. The molecule has 0 saturated carbocycles. The quantitative estimate of drug-likeness (QED) is 0.885. The first-order chi connectivity index (χ1) is 8.64. The molecule has 0 aliphatic carbocycles. The fourth-order valence-corrected chi connectivity index (χ4v) is 3.54. The average molecular weight is 269 g/mol. The number of pyridine rings is 1. The zero-order valence-electron chi connectivity index (χ0n) is 10.6. The highest BCUT2D eigenvalue weighted by Crippen LogP contribution is 2.18. The monoisotopic (exact) mass is 269 g/mol. The van der Waals surface area contributed by atoms with Crippen LogP contribution in [-0.4, -0.2) is 37.8 Å². The SMILES string of the molecule is CNCc1ccc(S(=O)(=O)N2CCCCC2)nc1. The highest BCUT2D eigenvalue weighted by atomic mass is 32.2. The Labute approximate surface area is 108 Å². The molecule has 1 aliphatic rings. The highest BCUT2D eigenvalue weighted by Gasteiger charge is 2.26.